The van der Waals surface area contributed by atoms with Gasteiger partial charge in [0, 0.05) is 10.9 Å². The molecule has 0 saturated heterocycles. The minimum Gasteiger partial charge on any atom is -0.327 e. The van der Waals surface area contributed by atoms with Gasteiger partial charge in [-0.15, -0.1) is 11.6 Å². The largest absolute Gasteiger partial charge is 0.327 e. The minimum atomic E-state index is 0.138. The summed E-state index contributed by atoms with van der Waals surface area (Å²) in [6, 6.07) is 0.422. The quantitative estimate of drug-likeness (QED) is 0.616. The average Bonchev–Trinajstić information content (AvgIpc) is 2.21. The summed E-state index contributed by atoms with van der Waals surface area (Å²) in [5, 5.41) is 0. The van der Waals surface area contributed by atoms with Crippen molar-refractivity contribution in [2.75, 3.05) is 0 Å². The maximum atomic E-state index is 6.71. The van der Waals surface area contributed by atoms with Crippen LogP contribution in [0.2, 0.25) is 0 Å². The Hall–Kier alpha value is 0.250. The van der Waals surface area contributed by atoms with Crippen LogP contribution in [-0.2, 0) is 0 Å². The van der Waals surface area contributed by atoms with Gasteiger partial charge in [-0.1, -0.05) is 6.92 Å². The molecule has 0 aromatic rings. The van der Waals surface area contributed by atoms with Crippen molar-refractivity contribution in [3.63, 3.8) is 0 Å². The molecule has 4 fully saturated rings. The van der Waals surface area contributed by atoms with Gasteiger partial charge in [-0.25, -0.2) is 0 Å². The Morgan fingerprint density at radius 1 is 1.14 bits per heavy atom. The summed E-state index contributed by atoms with van der Waals surface area (Å²) in [4.78, 5) is 0.138. The fourth-order valence-electron chi connectivity index (χ4n) is 4.43. The van der Waals surface area contributed by atoms with Gasteiger partial charge in [0.05, 0.1) is 0 Å². The molecule has 0 aromatic carbocycles. The molecule has 4 bridgehead atoms. The molecule has 0 amide bonds. The molecular weight excluding hydrogens is 194 g/mol. The lowest BCUT2D eigenvalue weighted by Crippen LogP contribution is -2.41. The van der Waals surface area contributed by atoms with Crippen LogP contribution in [0.4, 0.5) is 0 Å². The Bertz CT molecular complexity index is 233. The number of halogens is 1. The standard InChI is InChI=1S/C12H20ClN/c1-7-9-2-8-3-10(11(7)14)6-12(13,4-8)5-9/h7-11H,2-6,14H2,1H3. The molecule has 0 radical (unpaired) electrons. The first-order valence-electron chi connectivity index (χ1n) is 6.02. The third kappa shape index (κ3) is 1.25. The Kier molecular flexibility index (Phi) is 1.95. The van der Waals surface area contributed by atoms with Crippen LogP contribution in [-0.4, -0.2) is 10.9 Å². The molecule has 4 rings (SSSR count). The number of nitrogens with two attached hydrogens (primary N) is 1. The number of alkyl halides is 1. The Balaban J connectivity index is 1.99. The summed E-state index contributed by atoms with van der Waals surface area (Å²) < 4.78 is 0. The number of fused-ring (bicyclic) bond motifs is 1. The molecule has 0 aliphatic heterocycles. The topological polar surface area (TPSA) is 26.0 Å². The minimum absolute atomic E-state index is 0.138. The molecule has 1 nitrogen and oxygen atoms in total. The van der Waals surface area contributed by atoms with Crippen molar-refractivity contribution in [3.05, 3.63) is 0 Å². The summed E-state index contributed by atoms with van der Waals surface area (Å²) in [6.07, 6.45) is 6.45. The lowest BCUT2D eigenvalue weighted by molar-refractivity contribution is 0.145. The van der Waals surface area contributed by atoms with Crippen LogP contribution in [0.15, 0.2) is 0 Å². The van der Waals surface area contributed by atoms with Crippen molar-refractivity contribution in [3.8, 4) is 0 Å². The first kappa shape index (κ1) is 9.47. The molecule has 14 heavy (non-hydrogen) atoms. The van der Waals surface area contributed by atoms with E-state index in [1.54, 1.807) is 0 Å². The maximum Gasteiger partial charge on any atom is 0.0455 e. The fraction of sp³-hybridized carbons (Fsp3) is 1.00. The monoisotopic (exact) mass is 213 g/mol. The van der Waals surface area contributed by atoms with E-state index in [1.165, 1.54) is 32.1 Å². The van der Waals surface area contributed by atoms with E-state index in [9.17, 15) is 0 Å². The van der Waals surface area contributed by atoms with Crippen LogP contribution in [0, 0.1) is 23.7 Å². The second-order valence-electron chi connectivity index (χ2n) is 6.06. The molecule has 2 heteroatoms. The lowest BCUT2D eigenvalue weighted by atomic mass is 9.66. The van der Waals surface area contributed by atoms with Gasteiger partial charge in [-0.3, -0.25) is 0 Å². The smallest absolute Gasteiger partial charge is 0.0455 e. The number of hydrogen-bond donors (Lipinski definition) is 1. The van der Waals surface area contributed by atoms with Gasteiger partial charge in [-0.05, 0) is 55.8 Å². The normalized spacial score (nSPS) is 61.5. The predicted molar refractivity (Wildman–Crippen MR) is 59.3 cm³/mol. The van der Waals surface area contributed by atoms with Crippen LogP contribution >= 0.6 is 11.6 Å². The molecule has 6 unspecified atom stereocenters. The van der Waals surface area contributed by atoms with Crippen molar-refractivity contribution >= 4 is 11.6 Å². The zero-order chi connectivity index (χ0) is 9.92. The highest BCUT2D eigenvalue weighted by Crippen LogP contribution is 2.57. The van der Waals surface area contributed by atoms with E-state index in [-0.39, 0.29) is 4.87 Å². The number of hydrogen-bond acceptors (Lipinski definition) is 1. The Morgan fingerprint density at radius 2 is 1.79 bits per heavy atom. The van der Waals surface area contributed by atoms with Gasteiger partial charge in [0.25, 0.3) is 0 Å². The predicted octanol–water partition coefficient (Wildman–Crippen LogP) is 2.77. The highest BCUT2D eigenvalue weighted by molar-refractivity contribution is 6.24. The van der Waals surface area contributed by atoms with Crippen molar-refractivity contribution in [1.29, 1.82) is 0 Å². The summed E-state index contributed by atoms with van der Waals surface area (Å²) in [5.74, 6) is 3.12. The van der Waals surface area contributed by atoms with E-state index < -0.39 is 0 Å². The highest BCUT2D eigenvalue weighted by atomic mass is 35.5. The van der Waals surface area contributed by atoms with E-state index in [1.807, 2.05) is 0 Å². The van der Waals surface area contributed by atoms with Gasteiger partial charge in [0.2, 0.25) is 0 Å². The van der Waals surface area contributed by atoms with E-state index in [0.29, 0.717) is 17.9 Å². The van der Waals surface area contributed by atoms with Gasteiger partial charge in [0.1, 0.15) is 0 Å². The van der Waals surface area contributed by atoms with Crippen molar-refractivity contribution in [1.82, 2.24) is 0 Å². The van der Waals surface area contributed by atoms with Crippen molar-refractivity contribution in [2.24, 2.45) is 29.4 Å². The second kappa shape index (κ2) is 2.89. The first-order chi connectivity index (χ1) is 6.57. The van der Waals surface area contributed by atoms with Gasteiger partial charge in [0.15, 0.2) is 0 Å². The zero-order valence-electron chi connectivity index (χ0n) is 8.88. The van der Waals surface area contributed by atoms with Gasteiger partial charge >= 0.3 is 0 Å². The zero-order valence-corrected chi connectivity index (χ0v) is 9.63. The van der Waals surface area contributed by atoms with Crippen LogP contribution in [0.5, 0.6) is 0 Å². The first-order valence-corrected chi connectivity index (χ1v) is 6.40. The van der Waals surface area contributed by atoms with Crippen molar-refractivity contribution < 1.29 is 0 Å². The molecule has 4 saturated carbocycles. The second-order valence-corrected chi connectivity index (χ2v) is 6.86. The molecule has 0 heterocycles. The maximum absolute atomic E-state index is 6.71. The van der Waals surface area contributed by atoms with E-state index in [4.69, 9.17) is 17.3 Å². The Morgan fingerprint density at radius 3 is 2.50 bits per heavy atom. The van der Waals surface area contributed by atoms with E-state index >= 15 is 0 Å². The third-order valence-electron chi connectivity index (χ3n) is 5.08. The van der Waals surface area contributed by atoms with Crippen LogP contribution in [0.1, 0.15) is 39.0 Å². The van der Waals surface area contributed by atoms with Crippen LogP contribution in [0.3, 0.4) is 0 Å². The van der Waals surface area contributed by atoms with Crippen LogP contribution < -0.4 is 5.73 Å². The molecule has 80 valence electrons. The molecule has 4 aliphatic carbocycles. The molecular formula is C12H20ClN. The molecule has 4 aliphatic rings. The van der Waals surface area contributed by atoms with Crippen molar-refractivity contribution in [2.45, 2.75) is 49.9 Å². The average molecular weight is 214 g/mol. The molecule has 0 aromatic heterocycles. The number of rotatable bonds is 0. The lowest BCUT2D eigenvalue weighted by Gasteiger charge is -2.44. The molecule has 0 spiro atoms. The van der Waals surface area contributed by atoms with E-state index in [0.717, 1.165) is 11.8 Å². The summed E-state index contributed by atoms with van der Waals surface area (Å²) >= 11 is 6.71. The fourth-order valence-corrected chi connectivity index (χ4v) is 5.04. The van der Waals surface area contributed by atoms with Gasteiger partial charge in [-0.2, -0.15) is 0 Å². The molecule has 2 N–H and O–H groups in total. The third-order valence-corrected chi connectivity index (χ3v) is 5.54. The Labute approximate surface area is 91.4 Å². The van der Waals surface area contributed by atoms with E-state index in [2.05, 4.69) is 6.92 Å². The highest BCUT2D eigenvalue weighted by Gasteiger charge is 2.52. The van der Waals surface area contributed by atoms with Gasteiger partial charge < -0.3 is 5.73 Å². The summed E-state index contributed by atoms with van der Waals surface area (Å²) in [7, 11) is 0. The van der Waals surface area contributed by atoms with Crippen LogP contribution in [0.25, 0.3) is 0 Å². The summed E-state index contributed by atoms with van der Waals surface area (Å²) in [6.45, 7) is 2.35. The SMILES string of the molecule is CC1C2CC3CC(CC(Cl)(C3)C2)C1N. The molecule has 6 atom stereocenters. The summed E-state index contributed by atoms with van der Waals surface area (Å²) in [5.41, 5.74) is 6.35.